The zero-order valence-corrected chi connectivity index (χ0v) is 28.1. The average molecular weight is 797 g/mol. The van der Waals surface area contributed by atoms with E-state index in [0.717, 1.165) is 24.0 Å². The Morgan fingerprint density at radius 2 is 1.28 bits per heavy atom. The summed E-state index contributed by atoms with van der Waals surface area (Å²) in [6.45, 7) is 3.93. The maximum atomic E-state index is 13.2. The first-order valence-corrected chi connectivity index (χ1v) is 18.6. The summed E-state index contributed by atoms with van der Waals surface area (Å²) in [4.78, 5) is 0. The predicted molar refractivity (Wildman–Crippen MR) is 163 cm³/mol. The molecule has 0 aliphatic rings. The van der Waals surface area contributed by atoms with Gasteiger partial charge in [0.05, 0.1) is 24.7 Å². The molecule has 0 amide bonds. The summed E-state index contributed by atoms with van der Waals surface area (Å²) >= 11 is 14.2. The van der Waals surface area contributed by atoms with Crippen LogP contribution in [-0.4, -0.2) is 28.3 Å². The van der Waals surface area contributed by atoms with Crippen LogP contribution in [0.3, 0.4) is 0 Å². The number of nitrogens with zero attached hydrogens (tertiary/aromatic N) is 1. The fraction of sp³-hybridized carbons (Fsp3) is 0.500. The van der Waals surface area contributed by atoms with E-state index in [0.29, 0.717) is 40.9 Å². The van der Waals surface area contributed by atoms with E-state index in [9.17, 15) is 16.8 Å². The molecule has 2 aromatic carbocycles. The number of anilines is 1. The van der Waals surface area contributed by atoms with Crippen molar-refractivity contribution in [2.24, 2.45) is 0 Å². The van der Waals surface area contributed by atoms with Gasteiger partial charge < -0.3 is 4.74 Å². The van der Waals surface area contributed by atoms with E-state index in [4.69, 9.17) is 4.74 Å². The fourth-order valence-electron chi connectivity index (χ4n) is 3.57. The van der Waals surface area contributed by atoms with Crippen molar-refractivity contribution in [2.75, 3.05) is 15.2 Å². The van der Waals surface area contributed by atoms with Crippen molar-refractivity contribution in [3.63, 3.8) is 0 Å². The van der Waals surface area contributed by atoms with E-state index in [1.165, 1.54) is 12.1 Å². The first-order valence-electron chi connectivity index (χ1n) is 11.7. The highest BCUT2D eigenvalue weighted by molar-refractivity contribution is 9.24. The molecule has 0 heterocycles. The minimum absolute atomic E-state index is 0.0872. The fourth-order valence-corrected chi connectivity index (χ4v) is 9.53. The molecule has 0 fully saturated rings. The van der Waals surface area contributed by atoms with Gasteiger partial charge in [-0.15, -0.1) is 0 Å². The monoisotopic (exact) mass is 793 g/mol. The lowest BCUT2D eigenvalue weighted by atomic mass is 10.1. The molecule has 0 saturated heterocycles. The third-order valence-corrected chi connectivity index (χ3v) is 11.7. The van der Waals surface area contributed by atoms with E-state index < -0.39 is 20.0 Å². The molecule has 202 valence electrons. The lowest BCUT2D eigenvalue weighted by molar-refractivity contribution is 0.478. The number of hydrogen-bond donors (Lipinski definition) is 0. The van der Waals surface area contributed by atoms with Crippen LogP contribution in [0, 0.1) is 0 Å². The van der Waals surface area contributed by atoms with Crippen LogP contribution in [0.4, 0.5) is 5.69 Å². The first-order chi connectivity index (χ1) is 16.9. The van der Waals surface area contributed by atoms with Gasteiger partial charge in [-0.05, 0) is 48.7 Å². The van der Waals surface area contributed by atoms with E-state index >= 15 is 0 Å². The van der Waals surface area contributed by atoms with Gasteiger partial charge in [0.2, 0.25) is 20.0 Å². The Bertz CT molecular complexity index is 1150. The van der Waals surface area contributed by atoms with Crippen molar-refractivity contribution < 1.29 is 21.6 Å². The number of unbranched alkanes of at least 4 members (excludes halogenated alkanes) is 4. The summed E-state index contributed by atoms with van der Waals surface area (Å²) in [6, 6.07) is 11.8. The molecule has 0 saturated carbocycles. The molecule has 0 N–H and O–H groups in total. The molecule has 0 unspecified atom stereocenters. The predicted octanol–water partition coefficient (Wildman–Crippen LogP) is 8.90. The molecule has 36 heavy (non-hydrogen) atoms. The Labute approximate surface area is 249 Å². The summed E-state index contributed by atoms with van der Waals surface area (Å²) in [7, 11) is -8.13. The lowest BCUT2D eigenvalue weighted by Gasteiger charge is -2.24. The second-order valence-corrected chi connectivity index (χ2v) is 18.4. The minimum Gasteiger partial charge on any atom is -0.457 e. The zero-order valence-electron chi connectivity index (χ0n) is 20.2. The molecule has 0 bridgehead atoms. The zero-order chi connectivity index (χ0) is 26.9. The van der Waals surface area contributed by atoms with Gasteiger partial charge in [-0.3, -0.25) is 0 Å². The van der Waals surface area contributed by atoms with E-state index in [1.807, 2.05) is 32.0 Å². The van der Waals surface area contributed by atoms with Gasteiger partial charge in [0.25, 0.3) is 0 Å². The van der Waals surface area contributed by atoms with Crippen LogP contribution >= 0.6 is 63.7 Å². The smallest absolute Gasteiger partial charge is 0.248 e. The third-order valence-electron chi connectivity index (χ3n) is 5.35. The quantitative estimate of drug-likeness (QED) is 0.133. The minimum atomic E-state index is -4.07. The summed E-state index contributed by atoms with van der Waals surface area (Å²) in [5.41, 5.74) is 1.92. The summed E-state index contributed by atoms with van der Waals surface area (Å²) in [6.07, 6.45) is 3.90. The van der Waals surface area contributed by atoms with Crippen LogP contribution in [0.15, 0.2) is 42.5 Å². The number of sulfonamides is 2. The number of rotatable bonds is 15. The van der Waals surface area contributed by atoms with Crippen molar-refractivity contribution in [1.82, 2.24) is 0 Å². The number of alkyl halides is 4. The highest BCUT2D eigenvalue weighted by Crippen LogP contribution is 2.45. The van der Waals surface area contributed by atoms with Crippen molar-refractivity contribution in [3.05, 3.63) is 53.6 Å². The van der Waals surface area contributed by atoms with Gasteiger partial charge >= 0.3 is 0 Å². The number of benzene rings is 2. The van der Waals surface area contributed by atoms with Gasteiger partial charge in [-0.1, -0.05) is 115 Å². The van der Waals surface area contributed by atoms with E-state index in [-0.39, 0.29) is 24.7 Å². The van der Waals surface area contributed by atoms with E-state index in [1.54, 1.807) is 12.1 Å². The maximum Gasteiger partial charge on any atom is 0.248 e. The Morgan fingerprint density at radius 3 is 1.72 bits per heavy atom. The van der Waals surface area contributed by atoms with Crippen LogP contribution in [0.5, 0.6) is 11.5 Å². The Kier molecular flexibility index (Phi) is 13.2. The number of halogens is 4. The Balaban J connectivity index is 2.42. The molecule has 0 spiro atoms. The van der Waals surface area contributed by atoms with Crippen LogP contribution in [0.25, 0.3) is 0 Å². The largest absolute Gasteiger partial charge is 0.457 e. The Morgan fingerprint density at radius 1 is 0.750 bits per heavy atom. The highest BCUT2D eigenvalue weighted by atomic mass is 79.9. The second-order valence-electron chi connectivity index (χ2n) is 8.20. The molecule has 0 radical (unpaired) electrons. The molecule has 2 rings (SSSR count). The highest BCUT2D eigenvalue weighted by Gasteiger charge is 2.33. The van der Waals surface area contributed by atoms with Crippen LogP contribution in [0.1, 0.15) is 71.0 Å². The van der Waals surface area contributed by atoms with Crippen molar-refractivity contribution in [3.8, 4) is 11.5 Å². The van der Waals surface area contributed by atoms with Crippen molar-refractivity contribution in [1.29, 1.82) is 0 Å². The van der Waals surface area contributed by atoms with Crippen LogP contribution in [-0.2, 0) is 20.0 Å². The number of hydrogen-bond acceptors (Lipinski definition) is 5. The van der Waals surface area contributed by atoms with Gasteiger partial charge in [-0.25, -0.2) is 16.8 Å². The first kappa shape index (κ1) is 32.1. The van der Waals surface area contributed by atoms with Gasteiger partial charge in [0.1, 0.15) is 11.5 Å². The van der Waals surface area contributed by atoms with Crippen LogP contribution < -0.4 is 8.45 Å². The molecule has 0 aliphatic carbocycles. The van der Waals surface area contributed by atoms with Crippen molar-refractivity contribution >= 4 is 89.5 Å². The summed E-state index contributed by atoms with van der Waals surface area (Å²) in [5.74, 6) is 0.602. The summed E-state index contributed by atoms with van der Waals surface area (Å²) in [5, 5.41) is 0. The van der Waals surface area contributed by atoms with Crippen molar-refractivity contribution in [2.45, 2.75) is 59.8 Å². The maximum absolute atomic E-state index is 13.2. The third kappa shape index (κ3) is 8.97. The second kappa shape index (κ2) is 14.9. The molecule has 0 aliphatic heterocycles. The normalized spacial score (nSPS) is 12.3. The number of ether oxygens (including phenoxy) is 1. The molecule has 12 heteroatoms. The van der Waals surface area contributed by atoms with Crippen LogP contribution in [0.2, 0.25) is 0 Å². The van der Waals surface area contributed by atoms with E-state index in [2.05, 4.69) is 63.7 Å². The molecule has 2 aromatic rings. The van der Waals surface area contributed by atoms with Gasteiger partial charge in [0.15, 0.2) is 0 Å². The Hall–Kier alpha value is -0.140. The molecular formula is C24H31Br4NO5S2. The topological polar surface area (TPSA) is 80.8 Å². The average Bonchev–Trinajstić information content (AvgIpc) is 2.79. The van der Waals surface area contributed by atoms with Gasteiger partial charge in [-0.2, -0.15) is 3.71 Å². The molecule has 0 atom stereocenters. The molecule has 0 aromatic heterocycles. The summed E-state index contributed by atoms with van der Waals surface area (Å²) < 4.78 is 59.2. The SMILES string of the molecule is CCCCCS(=O)(=O)N(c1ccc(Oc2cccc(C(Br)Br)c2C(Br)Br)cc1)S(=O)(=O)CCCCC. The van der Waals surface area contributed by atoms with Gasteiger partial charge in [0, 0.05) is 5.56 Å². The molecular weight excluding hydrogens is 766 g/mol. The standard InChI is InChI=1S/C24H31Br4NO5S2/c1-3-5-7-16-35(30,31)29(36(32,33)17-8-6-4-2)18-12-14-19(15-13-18)34-21-11-9-10-20(23(25)26)22(21)24(27)28/h9-15,23-24H,3-8,16-17H2,1-2H3. The molecule has 6 nitrogen and oxygen atoms in total. The lowest BCUT2D eigenvalue weighted by Crippen LogP contribution is -2.40.